The zero-order chi connectivity index (χ0) is 20.5. The van der Waals surface area contributed by atoms with Crippen LogP contribution in [0.15, 0.2) is 30.6 Å². The van der Waals surface area contributed by atoms with Crippen molar-refractivity contribution in [1.29, 1.82) is 0 Å². The Labute approximate surface area is 160 Å². The zero-order valence-corrected chi connectivity index (χ0v) is 15.1. The summed E-state index contributed by atoms with van der Waals surface area (Å²) in [6.45, 7) is 0.683. The van der Waals surface area contributed by atoms with E-state index in [2.05, 4.69) is 20.5 Å². The Hall–Kier alpha value is -2.95. The fourth-order valence-electron chi connectivity index (χ4n) is 2.47. The van der Waals surface area contributed by atoms with E-state index in [1.54, 1.807) is 0 Å². The van der Waals surface area contributed by atoms with E-state index in [1.165, 1.54) is 36.1 Å². The highest BCUT2D eigenvalue weighted by Gasteiger charge is 2.35. The number of hydrogen-bond acceptors (Lipinski definition) is 4. The van der Waals surface area contributed by atoms with Crippen molar-refractivity contribution >= 4 is 23.5 Å². The molecule has 12 heteroatoms. The van der Waals surface area contributed by atoms with Crippen LogP contribution in [0.25, 0.3) is 0 Å². The number of halogens is 5. The van der Waals surface area contributed by atoms with E-state index in [1.807, 2.05) is 0 Å². The average Bonchev–Trinajstić information content (AvgIpc) is 3.17. The molecule has 148 valence electrons. The van der Waals surface area contributed by atoms with Crippen molar-refractivity contribution < 1.29 is 22.4 Å². The van der Waals surface area contributed by atoms with Gasteiger partial charge in [-0.15, -0.1) is 5.10 Å². The van der Waals surface area contributed by atoms with Crippen LogP contribution in [0.1, 0.15) is 17.0 Å². The fraction of sp³-hybridized carbons (Fsp3) is 0.250. The van der Waals surface area contributed by atoms with Crippen molar-refractivity contribution in [2.24, 2.45) is 0 Å². The lowest BCUT2D eigenvalue weighted by Crippen LogP contribution is -2.24. The number of rotatable bonds is 5. The first-order valence-corrected chi connectivity index (χ1v) is 8.25. The van der Waals surface area contributed by atoms with Crippen molar-refractivity contribution in [1.82, 2.24) is 24.5 Å². The third kappa shape index (κ3) is 4.47. The van der Waals surface area contributed by atoms with E-state index < -0.39 is 30.1 Å². The molecule has 1 N–H and O–H groups in total. The van der Waals surface area contributed by atoms with Crippen LogP contribution in [0.3, 0.4) is 0 Å². The van der Waals surface area contributed by atoms with E-state index in [9.17, 15) is 22.4 Å². The summed E-state index contributed by atoms with van der Waals surface area (Å²) in [5, 5.41) is 10.1. The smallest absolute Gasteiger partial charge is 0.292 e. The normalized spacial score (nSPS) is 11.6. The monoisotopic (exact) mass is 416 g/mol. The predicted octanol–water partition coefficient (Wildman–Crippen LogP) is 3.28. The van der Waals surface area contributed by atoms with Gasteiger partial charge in [0.25, 0.3) is 0 Å². The van der Waals surface area contributed by atoms with Crippen LogP contribution in [0, 0.1) is 12.7 Å². The molecular weight excluding hydrogens is 404 g/mol. The van der Waals surface area contributed by atoms with E-state index in [0.29, 0.717) is 4.68 Å². The summed E-state index contributed by atoms with van der Waals surface area (Å²) in [4.78, 5) is 15.9. The molecule has 3 rings (SSSR count). The summed E-state index contributed by atoms with van der Waals surface area (Å²) in [6.07, 6.45) is -3.40. The average molecular weight is 417 g/mol. The lowest BCUT2D eigenvalue weighted by molar-refractivity contribution is -0.144. The van der Waals surface area contributed by atoms with Crippen LogP contribution >= 0.6 is 11.6 Å². The van der Waals surface area contributed by atoms with Crippen LogP contribution in [-0.4, -0.2) is 30.5 Å². The molecule has 7 nitrogen and oxygen atoms in total. The molecule has 0 aliphatic rings. The zero-order valence-electron chi connectivity index (χ0n) is 14.3. The molecule has 0 aliphatic heterocycles. The van der Waals surface area contributed by atoms with Gasteiger partial charge in [-0.2, -0.15) is 18.3 Å². The third-order valence-corrected chi connectivity index (χ3v) is 4.01. The van der Waals surface area contributed by atoms with Crippen LogP contribution in [0.4, 0.5) is 23.5 Å². The molecule has 0 radical (unpaired) electrons. The van der Waals surface area contributed by atoms with Gasteiger partial charge in [-0.1, -0.05) is 17.7 Å². The van der Waals surface area contributed by atoms with Gasteiger partial charge in [-0.25, -0.2) is 14.1 Å². The molecule has 0 saturated carbocycles. The molecule has 1 amide bonds. The van der Waals surface area contributed by atoms with Crippen molar-refractivity contribution in [2.45, 2.75) is 26.2 Å². The second-order valence-electron chi connectivity index (χ2n) is 5.84. The molecule has 0 spiro atoms. The largest absolute Gasteiger partial charge is 0.433 e. The molecule has 2 aromatic heterocycles. The Bertz CT molecular complexity index is 993. The summed E-state index contributed by atoms with van der Waals surface area (Å²) in [5.74, 6) is -1.47. The van der Waals surface area contributed by atoms with Crippen molar-refractivity contribution in [2.75, 3.05) is 5.32 Å². The van der Waals surface area contributed by atoms with Gasteiger partial charge in [0.15, 0.2) is 0 Å². The first kappa shape index (κ1) is 19.8. The maximum absolute atomic E-state index is 13.8. The second kappa shape index (κ2) is 7.58. The number of carbonyl (C=O) groups excluding carboxylic acids is 1. The quantitative estimate of drug-likeness (QED) is 0.647. The lowest BCUT2D eigenvalue weighted by atomic mass is 10.2. The molecule has 0 fully saturated rings. The van der Waals surface area contributed by atoms with E-state index in [0.717, 1.165) is 6.07 Å². The lowest BCUT2D eigenvalue weighted by Gasteiger charge is -2.09. The summed E-state index contributed by atoms with van der Waals surface area (Å²) >= 11 is 5.94. The molecule has 1 aromatic carbocycles. The molecule has 0 atom stereocenters. The Morgan fingerprint density at radius 3 is 2.71 bits per heavy atom. The molecule has 28 heavy (non-hydrogen) atoms. The minimum atomic E-state index is -4.64. The van der Waals surface area contributed by atoms with Gasteiger partial charge in [0.05, 0.1) is 12.2 Å². The molecule has 0 unspecified atom stereocenters. The fourth-order valence-corrected chi connectivity index (χ4v) is 2.69. The molecule has 3 aromatic rings. The number of nitrogens with zero attached hydrogens (tertiary/aromatic N) is 5. The number of benzene rings is 1. The summed E-state index contributed by atoms with van der Waals surface area (Å²) in [7, 11) is 0. The minimum Gasteiger partial charge on any atom is -0.292 e. The van der Waals surface area contributed by atoms with E-state index in [4.69, 9.17) is 11.6 Å². The highest BCUT2D eigenvalue weighted by atomic mass is 35.5. The minimum absolute atomic E-state index is 0.0368. The Kier molecular flexibility index (Phi) is 5.36. The van der Waals surface area contributed by atoms with Gasteiger partial charge in [0, 0.05) is 10.6 Å². The highest BCUT2D eigenvalue weighted by molar-refractivity contribution is 6.31. The number of amides is 1. The first-order valence-electron chi connectivity index (χ1n) is 7.87. The molecule has 0 bridgehead atoms. The SMILES string of the molecule is Cc1cc(C(F)(F)F)n(CC(=O)Nc2ncn(Cc3c(F)cccc3Cl)n2)n1. The van der Waals surface area contributed by atoms with Gasteiger partial charge >= 0.3 is 6.18 Å². The van der Waals surface area contributed by atoms with Gasteiger partial charge in [0.1, 0.15) is 24.4 Å². The molecule has 0 saturated heterocycles. The highest BCUT2D eigenvalue weighted by Crippen LogP contribution is 2.29. The Balaban J connectivity index is 1.68. The van der Waals surface area contributed by atoms with Crippen LogP contribution in [-0.2, 0) is 24.1 Å². The number of aromatic nitrogens is 5. The van der Waals surface area contributed by atoms with E-state index in [-0.39, 0.29) is 28.8 Å². The number of nitrogens with one attached hydrogen (secondary N) is 1. The van der Waals surface area contributed by atoms with Crippen molar-refractivity contribution in [3.05, 3.63) is 58.4 Å². The topological polar surface area (TPSA) is 77.6 Å². The predicted molar refractivity (Wildman–Crippen MR) is 91.1 cm³/mol. The van der Waals surface area contributed by atoms with Crippen LogP contribution in [0.2, 0.25) is 5.02 Å². The Morgan fingerprint density at radius 2 is 2.04 bits per heavy atom. The maximum atomic E-state index is 13.8. The van der Waals surface area contributed by atoms with Gasteiger partial charge in [-0.3, -0.25) is 14.8 Å². The summed E-state index contributed by atoms with van der Waals surface area (Å²) in [5.41, 5.74) is -0.717. The van der Waals surface area contributed by atoms with Crippen molar-refractivity contribution in [3.8, 4) is 0 Å². The molecule has 2 heterocycles. The number of alkyl halides is 3. The summed E-state index contributed by atoms with van der Waals surface area (Å²) in [6, 6.07) is 5.06. The van der Waals surface area contributed by atoms with E-state index >= 15 is 0 Å². The number of aryl methyl sites for hydroxylation is 1. The number of hydrogen-bond donors (Lipinski definition) is 1. The maximum Gasteiger partial charge on any atom is 0.433 e. The van der Waals surface area contributed by atoms with Crippen LogP contribution < -0.4 is 5.32 Å². The molecule has 0 aliphatic carbocycles. The number of anilines is 1. The standard InChI is InChI=1S/C16H13ClF4N6O/c1-9-5-13(16(19,20)21)27(24-9)7-14(28)23-15-22-8-26(25-15)6-10-11(17)3-2-4-12(10)18/h2-5,8H,6-7H2,1H3,(H,23,25,28). The van der Waals surface area contributed by atoms with Crippen molar-refractivity contribution in [3.63, 3.8) is 0 Å². The van der Waals surface area contributed by atoms with Gasteiger partial charge in [-0.05, 0) is 25.1 Å². The van der Waals surface area contributed by atoms with Gasteiger partial charge < -0.3 is 0 Å². The number of carbonyl (C=O) groups is 1. The second-order valence-corrected chi connectivity index (χ2v) is 6.25. The van der Waals surface area contributed by atoms with Crippen LogP contribution in [0.5, 0.6) is 0 Å². The van der Waals surface area contributed by atoms with Gasteiger partial charge in [0.2, 0.25) is 11.9 Å². The third-order valence-electron chi connectivity index (χ3n) is 3.66. The first-order chi connectivity index (χ1) is 13.1. The summed E-state index contributed by atoms with van der Waals surface area (Å²) < 4.78 is 54.5. The Morgan fingerprint density at radius 1 is 1.29 bits per heavy atom. The molecular formula is C16H13ClF4N6O.